The predicted octanol–water partition coefficient (Wildman–Crippen LogP) is 4.59. The topological polar surface area (TPSA) is 58.4 Å². The third-order valence-electron chi connectivity index (χ3n) is 5.41. The van der Waals surface area contributed by atoms with E-state index in [2.05, 4.69) is 41.4 Å². The van der Waals surface area contributed by atoms with Gasteiger partial charge < -0.3 is 11.1 Å². The Hall–Kier alpha value is -1.75. The molecular formula is C23H33Cl2N3O. The summed E-state index contributed by atoms with van der Waals surface area (Å²) in [6.45, 7) is 6.22. The van der Waals surface area contributed by atoms with Gasteiger partial charge >= 0.3 is 0 Å². The number of piperidine rings is 1. The van der Waals surface area contributed by atoms with E-state index in [1.807, 2.05) is 24.3 Å². The zero-order valence-corrected chi connectivity index (χ0v) is 18.7. The molecule has 160 valence electrons. The maximum absolute atomic E-state index is 12.3. The van der Waals surface area contributed by atoms with Crippen LogP contribution >= 0.6 is 24.8 Å². The zero-order chi connectivity index (χ0) is 19.1. The van der Waals surface area contributed by atoms with E-state index in [1.165, 1.54) is 37.1 Å². The van der Waals surface area contributed by atoms with E-state index in [0.29, 0.717) is 19.4 Å². The van der Waals surface area contributed by atoms with E-state index in [0.717, 1.165) is 23.7 Å². The molecule has 29 heavy (non-hydrogen) atoms. The third kappa shape index (κ3) is 7.88. The minimum atomic E-state index is 0. The third-order valence-corrected chi connectivity index (χ3v) is 5.41. The standard InChI is InChI=1S/C23H31N3O.2ClH/c1-18-7-6-14-26(16-18)17-21-10-3-2-9-20(21)15-25-23(27)13-12-19-8-4-5-11-22(19)24;;/h2-5,8-11,18H,6-7,12-17,24H2,1H3,(H,25,27);2*1H. The minimum absolute atomic E-state index is 0. The smallest absolute Gasteiger partial charge is 0.220 e. The highest BCUT2D eigenvalue weighted by atomic mass is 35.5. The summed E-state index contributed by atoms with van der Waals surface area (Å²) in [5.41, 5.74) is 10.3. The van der Waals surface area contributed by atoms with E-state index >= 15 is 0 Å². The number of rotatable bonds is 7. The van der Waals surface area contributed by atoms with Crippen LogP contribution in [0.15, 0.2) is 48.5 Å². The van der Waals surface area contributed by atoms with Crippen LogP contribution in [-0.4, -0.2) is 23.9 Å². The number of nitrogens with two attached hydrogens (primary N) is 1. The molecule has 0 saturated carbocycles. The Morgan fingerprint density at radius 1 is 1.07 bits per heavy atom. The SMILES string of the molecule is CC1CCCN(Cc2ccccc2CNC(=O)CCc2ccccc2N)C1.Cl.Cl. The molecule has 0 aromatic heterocycles. The molecule has 1 aliphatic heterocycles. The molecule has 1 aliphatic rings. The van der Waals surface area contributed by atoms with Crippen molar-refractivity contribution in [2.75, 3.05) is 18.8 Å². The first kappa shape index (κ1) is 25.3. The second-order valence-electron chi connectivity index (χ2n) is 7.73. The number of amides is 1. The van der Waals surface area contributed by atoms with Gasteiger partial charge in [-0.15, -0.1) is 24.8 Å². The summed E-state index contributed by atoms with van der Waals surface area (Å²) in [6.07, 6.45) is 3.74. The van der Waals surface area contributed by atoms with E-state index in [9.17, 15) is 4.79 Å². The van der Waals surface area contributed by atoms with E-state index in [1.54, 1.807) is 0 Å². The van der Waals surface area contributed by atoms with Crippen LogP contribution in [0.1, 0.15) is 42.9 Å². The summed E-state index contributed by atoms with van der Waals surface area (Å²) >= 11 is 0. The number of para-hydroxylation sites is 1. The summed E-state index contributed by atoms with van der Waals surface area (Å²) < 4.78 is 0. The molecule has 0 radical (unpaired) electrons. The second kappa shape index (κ2) is 12.7. The van der Waals surface area contributed by atoms with Gasteiger partial charge in [0.1, 0.15) is 0 Å². The van der Waals surface area contributed by atoms with Crippen molar-refractivity contribution in [1.29, 1.82) is 0 Å². The van der Waals surface area contributed by atoms with Crippen molar-refractivity contribution in [1.82, 2.24) is 10.2 Å². The maximum atomic E-state index is 12.3. The number of hydrogen-bond donors (Lipinski definition) is 2. The van der Waals surface area contributed by atoms with Crippen molar-refractivity contribution < 1.29 is 4.79 Å². The van der Waals surface area contributed by atoms with Crippen LogP contribution in [0.5, 0.6) is 0 Å². The van der Waals surface area contributed by atoms with Gasteiger partial charge in [0.05, 0.1) is 0 Å². The molecule has 3 rings (SSSR count). The van der Waals surface area contributed by atoms with Crippen LogP contribution in [0.4, 0.5) is 5.69 Å². The molecule has 2 aromatic carbocycles. The lowest BCUT2D eigenvalue weighted by Gasteiger charge is -2.31. The lowest BCUT2D eigenvalue weighted by Crippen LogP contribution is -2.34. The molecule has 0 aliphatic carbocycles. The average Bonchev–Trinajstić information content (AvgIpc) is 2.67. The normalized spacial score (nSPS) is 16.4. The van der Waals surface area contributed by atoms with Crippen molar-refractivity contribution in [2.24, 2.45) is 5.92 Å². The predicted molar refractivity (Wildman–Crippen MR) is 126 cm³/mol. The molecule has 2 aromatic rings. The first-order chi connectivity index (χ1) is 13.1. The molecule has 1 unspecified atom stereocenters. The summed E-state index contributed by atoms with van der Waals surface area (Å²) in [6, 6.07) is 16.2. The highest BCUT2D eigenvalue weighted by Gasteiger charge is 2.17. The van der Waals surface area contributed by atoms with Crippen molar-refractivity contribution in [3.05, 3.63) is 65.2 Å². The molecule has 3 N–H and O–H groups in total. The van der Waals surface area contributed by atoms with E-state index in [4.69, 9.17) is 5.73 Å². The van der Waals surface area contributed by atoms with Crippen LogP contribution in [-0.2, 0) is 24.3 Å². The van der Waals surface area contributed by atoms with Crippen LogP contribution in [0.25, 0.3) is 0 Å². The van der Waals surface area contributed by atoms with Gasteiger partial charge in [0, 0.05) is 31.7 Å². The Balaban J connectivity index is 0.00000210. The van der Waals surface area contributed by atoms with Gasteiger partial charge in [0.2, 0.25) is 5.91 Å². The van der Waals surface area contributed by atoms with Crippen molar-refractivity contribution in [3.8, 4) is 0 Å². The zero-order valence-electron chi connectivity index (χ0n) is 17.1. The van der Waals surface area contributed by atoms with Crippen LogP contribution in [0.3, 0.4) is 0 Å². The lowest BCUT2D eigenvalue weighted by atomic mass is 9.99. The largest absolute Gasteiger partial charge is 0.399 e. The van der Waals surface area contributed by atoms with Gasteiger partial charge in [-0.05, 0) is 54.5 Å². The number of nitrogens with zero attached hydrogens (tertiary/aromatic N) is 1. The van der Waals surface area contributed by atoms with Crippen LogP contribution in [0.2, 0.25) is 0 Å². The number of halogens is 2. The van der Waals surface area contributed by atoms with Crippen molar-refractivity contribution >= 4 is 36.4 Å². The second-order valence-corrected chi connectivity index (χ2v) is 7.73. The number of benzene rings is 2. The molecule has 0 spiro atoms. The molecule has 0 bridgehead atoms. The number of aryl methyl sites for hydroxylation is 1. The van der Waals surface area contributed by atoms with Crippen LogP contribution < -0.4 is 11.1 Å². The Kier molecular flexibility index (Phi) is 11.1. The van der Waals surface area contributed by atoms with Crippen molar-refractivity contribution in [2.45, 2.75) is 45.7 Å². The van der Waals surface area contributed by atoms with Crippen LogP contribution in [0, 0.1) is 5.92 Å². The van der Waals surface area contributed by atoms with Crippen molar-refractivity contribution in [3.63, 3.8) is 0 Å². The fourth-order valence-corrected chi connectivity index (χ4v) is 3.85. The van der Waals surface area contributed by atoms with Gasteiger partial charge in [-0.2, -0.15) is 0 Å². The van der Waals surface area contributed by atoms with Gasteiger partial charge in [0.25, 0.3) is 0 Å². The summed E-state index contributed by atoms with van der Waals surface area (Å²) in [5, 5.41) is 3.08. The number of carbonyl (C=O) groups is 1. The highest BCUT2D eigenvalue weighted by Crippen LogP contribution is 2.19. The van der Waals surface area contributed by atoms with E-state index < -0.39 is 0 Å². The summed E-state index contributed by atoms with van der Waals surface area (Å²) in [4.78, 5) is 14.8. The maximum Gasteiger partial charge on any atom is 0.220 e. The summed E-state index contributed by atoms with van der Waals surface area (Å²) in [5.74, 6) is 0.843. The fourth-order valence-electron chi connectivity index (χ4n) is 3.85. The number of hydrogen-bond acceptors (Lipinski definition) is 3. The van der Waals surface area contributed by atoms with Gasteiger partial charge in [-0.3, -0.25) is 9.69 Å². The Morgan fingerprint density at radius 2 is 1.72 bits per heavy atom. The molecular weight excluding hydrogens is 405 g/mol. The summed E-state index contributed by atoms with van der Waals surface area (Å²) in [7, 11) is 0. The number of likely N-dealkylation sites (tertiary alicyclic amines) is 1. The van der Waals surface area contributed by atoms with Gasteiger partial charge in [-0.25, -0.2) is 0 Å². The molecule has 6 heteroatoms. The molecule has 1 amide bonds. The molecule has 1 saturated heterocycles. The average molecular weight is 438 g/mol. The Morgan fingerprint density at radius 3 is 2.41 bits per heavy atom. The number of anilines is 1. The Bertz CT molecular complexity index is 769. The van der Waals surface area contributed by atoms with E-state index in [-0.39, 0.29) is 30.7 Å². The van der Waals surface area contributed by atoms with Gasteiger partial charge in [0.15, 0.2) is 0 Å². The highest BCUT2D eigenvalue weighted by molar-refractivity contribution is 5.85. The molecule has 4 nitrogen and oxygen atoms in total. The molecule has 1 fully saturated rings. The quantitative estimate of drug-likeness (QED) is 0.622. The number of nitrogen functional groups attached to an aromatic ring is 1. The first-order valence-electron chi connectivity index (χ1n) is 10.0. The molecule has 1 heterocycles. The monoisotopic (exact) mass is 437 g/mol. The Labute approximate surface area is 187 Å². The molecule has 1 atom stereocenters. The fraction of sp³-hybridized carbons (Fsp3) is 0.435. The minimum Gasteiger partial charge on any atom is -0.399 e. The number of nitrogens with one attached hydrogen (secondary N) is 1. The van der Waals surface area contributed by atoms with Gasteiger partial charge in [-0.1, -0.05) is 49.4 Å². The number of carbonyl (C=O) groups excluding carboxylic acids is 1. The first-order valence-corrected chi connectivity index (χ1v) is 10.0. The lowest BCUT2D eigenvalue weighted by molar-refractivity contribution is -0.121.